The van der Waals surface area contributed by atoms with Crippen LogP contribution in [0.3, 0.4) is 0 Å². The molecule has 0 aromatic heterocycles. The van der Waals surface area contributed by atoms with Crippen molar-refractivity contribution in [1.82, 2.24) is 0 Å². The van der Waals surface area contributed by atoms with Gasteiger partial charge >= 0.3 is 0 Å². The van der Waals surface area contributed by atoms with E-state index in [4.69, 9.17) is 30.6 Å². The number of hydrogen-bond donors (Lipinski definition) is 6. The van der Waals surface area contributed by atoms with Crippen LogP contribution in [0, 0.1) is 0 Å². The van der Waals surface area contributed by atoms with Crippen LogP contribution in [0.15, 0.2) is 42.5 Å². The third kappa shape index (κ3) is 4.28. The highest BCUT2D eigenvalue weighted by Crippen LogP contribution is 2.24. The number of aliphatic hydroxyl groups excluding tert-OH is 6. The van der Waals surface area contributed by atoms with E-state index in [1.165, 1.54) is 11.1 Å². The summed E-state index contributed by atoms with van der Waals surface area (Å²) >= 11 is 0. The van der Waals surface area contributed by atoms with Crippen LogP contribution in [0.5, 0.6) is 0 Å². The number of aliphatic hydroxyl groups is 6. The van der Waals surface area contributed by atoms with Gasteiger partial charge in [0.1, 0.15) is 24.4 Å². The van der Waals surface area contributed by atoms with Gasteiger partial charge in [0.05, 0.1) is 13.2 Å². The van der Waals surface area contributed by atoms with E-state index in [0.717, 1.165) is 5.56 Å². The summed E-state index contributed by atoms with van der Waals surface area (Å²) in [7, 11) is 0. The summed E-state index contributed by atoms with van der Waals surface area (Å²) in [5.41, 5.74) is 3.35. The van der Waals surface area contributed by atoms with Crippen LogP contribution in [-0.2, 0) is 11.3 Å². The molecule has 132 valence electrons. The highest BCUT2D eigenvalue weighted by Gasteiger charge is 2.42. The topological polar surface area (TPSA) is 131 Å². The largest absolute Gasteiger partial charge is 0.394 e. The third-order valence-electron chi connectivity index (χ3n) is 3.84. The molecule has 0 bridgehead atoms. The van der Waals surface area contributed by atoms with Crippen molar-refractivity contribution in [2.75, 3.05) is 6.61 Å². The van der Waals surface area contributed by atoms with Crippen molar-refractivity contribution in [2.24, 2.45) is 0 Å². The first-order valence-corrected chi connectivity index (χ1v) is 7.55. The van der Waals surface area contributed by atoms with Crippen LogP contribution in [0.4, 0.5) is 0 Å². The minimum atomic E-state index is -1.57. The molecule has 7 heteroatoms. The van der Waals surface area contributed by atoms with Gasteiger partial charge in [-0.2, -0.15) is 0 Å². The lowest BCUT2D eigenvalue weighted by atomic mass is 10.00. The Labute approximate surface area is 139 Å². The standard InChI is InChI=1S/C11H10O.C6H12O6/c12-8-9-6-10-4-2-1-3-5-11(10)7-9;7-1-2-3(8)4(9)5(10)6(11)12-2/h1-7,12H,8H2;2-11H,1H2/t;2-,3-,4+,5-,6?/m.1/s1. The molecule has 1 saturated heterocycles. The molecule has 1 heterocycles. The van der Waals surface area contributed by atoms with Gasteiger partial charge in [0.2, 0.25) is 0 Å². The van der Waals surface area contributed by atoms with E-state index in [-0.39, 0.29) is 6.61 Å². The molecule has 7 nitrogen and oxygen atoms in total. The lowest BCUT2D eigenvalue weighted by molar-refractivity contribution is -0.286. The highest BCUT2D eigenvalue weighted by atomic mass is 16.6. The second kappa shape index (κ2) is 8.50. The van der Waals surface area contributed by atoms with Crippen LogP contribution < -0.4 is 0 Å². The Hall–Kier alpha value is -1.58. The Kier molecular flexibility index (Phi) is 6.64. The first-order chi connectivity index (χ1) is 11.5. The monoisotopic (exact) mass is 338 g/mol. The van der Waals surface area contributed by atoms with Crippen molar-refractivity contribution in [3.8, 4) is 11.1 Å². The van der Waals surface area contributed by atoms with Gasteiger partial charge in [-0.15, -0.1) is 0 Å². The van der Waals surface area contributed by atoms with Gasteiger partial charge < -0.3 is 35.4 Å². The molecule has 0 amide bonds. The summed E-state index contributed by atoms with van der Waals surface area (Å²) in [6, 6.07) is 14.1. The predicted molar refractivity (Wildman–Crippen MR) is 85.0 cm³/mol. The summed E-state index contributed by atoms with van der Waals surface area (Å²) in [5.74, 6) is 0. The minimum Gasteiger partial charge on any atom is -0.394 e. The second-order valence-electron chi connectivity index (χ2n) is 5.56. The fourth-order valence-electron chi connectivity index (χ4n) is 2.45. The van der Waals surface area contributed by atoms with Crippen molar-refractivity contribution in [3.05, 3.63) is 48.0 Å². The molecular formula is C17H22O7. The van der Waals surface area contributed by atoms with E-state index in [1.54, 1.807) is 0 Å². The van der Waals surface area contributed by atoms with Gasteiger partial charge in [0, 0.05) is 0 Å². The molecule has 2 aliphatic carbocycles. The smallest absolute Gasteiger partial charge is 0.184 e. The molecule has 24 heavy (non-hydrogen) atoms. The van der Waals surface area contributed by atoms with E-state index in [0.29, 0.717) is 0 Å². The van der Waals surface area contributed by atoms with Crippen LogP contribution >= 0.6 is 0 Å². The van der Waals surface area contributed by atoms with Crippen molar-refractivity contribution >= 4 is 0 Å². The van der Waals surface area contributed by atoms with E-state index in [2.05, 4.69) is 16.9 Å². The molecule has 1 fully saturated rings. The summed E-state index contributed by atoms with van der Waals surface area (Å²) in [6.07, 6.45) is -7.04. The number of hydrogen-bond acceptors (Lipinski definition) is 7. The Morgan fingerprint density at radius 2 is 1.38 bits per heavy atom. The number of ether oxygens (including phenoxy) is 1. The van der Waals surface area contributed by atoms with Crippen molar-refractivity contribution in [3.63, 3.8) is 0 Å². The molecule has 0 aromatic carbocycles. The fraction of sp³-hybridized carbons (Fsp3) is 0.412. The summed E-state index contributed by atoms with van der Waals surface area (Å²) < 4.78 is 4.58. The number of fused-ring (bicyclic) bond motifs is 1. The van der Waals surface area contributed by atoms with E-state index < -0.39 is 37.3 Å². The van der Waals surface area contributed by atoms with Crippen LogP contribution in [-0.4, -0.2) is 68.0 Å². The van der Waals surface area contributed by atoms with E-state index in [1.807, 2.05) is 30.3 Å². The lowest BCUT2D eigenvalue weighted by Gasteiger charge is -2.37. The molecule has 0 radical (unpaired) electrons. The molecule has 3 rings (SSSR count). The maximum absolute atomic E-state index is 9.12. The Balaban J connectivity index is 0.000000174. The van der Waals surface area contributed by atoms with Crippen molar-refractivity contribution in [2.45, 2.75) is 37.3 Å². The Bertz CT molecular complexity index is 570. The van der Waals surface area contributed by atoms with Gasteiger partial charge in [0.25, 0.3) is 0 Å². The van der Waals surface area contributed by atoms with E-state index in [9.17, 15) is 0 Å². The van der Waals surface area contributed by atoms with Gasteiger partial charge in [0.15, 0.2) is 6.29 Å². The van der Waals surface area contributed by atoms with E-state index >= 15 is 0 Å². The molecule has 6 N–H and O–H groups in total. The maximum atomic E-state index is 9.12. The average Bonchev–Trinajstić information content (AvgIpc) is 2.86. The average molecular weight is 338 g/mol. The molecular weight excluding hydrogens is 316 g/mol. The predicted octanol–water partition coefficient (Wildman–Crippen LogP) is -0.938. The van der Waals surface area contributed by atoms with Crippen molar-refractivity contribution < 1.29 is 35.4 Å². The lowest BCUT2D eigenvalue weighted by Crippen LogP contribution is -2.58. The molecule has 0 saturated carbocycles. The van der Waals surface area contributed by atoms with Gasteiger partial charge in [-0.25, -0.2) is 0 Å². The summed E-state index contributed by atoms with van der Waals surface area (Å²) in [5, 5.41) is 53.6. The molecule has 5 atom stereocenters. The molecule has 1 aliphatic heterocycles. The SMILES string of the molecule is OC[C@H]1OC(O)[C@H](O)[C@@H](O)[C@@H]1O.OCc1cc2cccccc-2c1. The maximum Gasteiger partial charge on any atom is 0.184 e. The molecule has 3 aliphatic rings. The van der Waals surface area contributed by atoms with Gasteiger partial charge in [-0.3, -0.25) is 0 Å². The minimum absolute atomic E-state index is 0.123. The Morgan fingerprint density at radius 3 is 1.88 bits per heavy atom. The molecule has 0 aromatic rings. The zero-order valence-corrected chi connectivity index (χ0v) is 12.9. The third-order valence-corrected chi connectivity index (χ3v) is 3.84. The second-order valence-corrected chi connectivity index (χ2v) is 5.56. The van der Waals surface area contributed by atoms with Crippen LogP contribution in [0.2, 0.25) is 0 Å². The summed E-state index contributed by atoms with van der Waals surface area (Å²) in [6.45, 7) is -0.402. The van der Waals surface area contributed by atoms with Gasteiger partial charge in [-0.05, 0) is 28.8 Å². The first-order valence-electron chi connectivity index (χ1n) is 7.55. The van der Waals surface area contributed by atoms with Crippen LogP contribution in [0.1, 0.15) is 5.56 Å². The van der Waals surface area contributed by atoms with Gasteiger partial charge in [-0.1, -0.05) is 30.3 Å². The number of rotatable bonds is 2. The quantitative estimate of drug-likeness (QED) is 0.417. The molecule has 1 unspecified atom stereocenters. The zero-order valence-electron chi connectivity index (χ0n) is 12.9. The normalized spacial score (nSPS) is 29.8. The molecule has 0 spiro atoms. The van der Waals surface area contributed by atoms with Crippen molar-refractivity contribution in [1.29, 1.82) is 0 Å². The Morgan fingerprint density at radius 1 is 0.792 bits per heavy atom. The first kappa shape index (κ1) is 18.8. The fourth-order valence-corrected chi connectivity index (χ4v) is 2.45. The highest BCUT2D eigenvalue weighted by molar-refractivity contribution is 5.67. The van der Waals surface area contributed by atoms with Crippen LogP contribution in [0.25, 0.3) is 11.1 Å². The summed E-state index contributed by atoms with van der Waals surface area (Å²) in [4.78, 5) is 0. The zero-order chi connectivity index (χ0) is 17.7.